The van der Waals surface area contributed by atoms with Gasteiger partial charge in [-0.3, -0.25) is 9.36 Å². The lowest BCUT2D eigenvalue weighted by atomic mass is 10.1. The number of fused-ring (bicyclic) bond motifs is 2. The quantitative estimate of drug-likeness (QED) is 0.409. The maximum Gasteiger partial charge on any atom is 0.257 e. The number of nitrogens with one attached hydrogen (secondary N) is 1. The molecule has 3 N–H and O–H groups in total. The molecule has 33 heavy (non-hydrogen) atoms. The van der Waals surface area contributed by atoms with E-state index >= 15 is 0 Å². The molecule has 0 aliphatic heterocycles. The molecule has 5 aromatic rings. The molecule has 2 heterocycles. The minimum absolute atomic E-state index is 0.268. The summed E-state index contributed by atoms with van der Waals surface area (Å²) in [4.78, 5) is 23.0. The van der Waals surface area contributed by atoms with Gasteiger partial charge < -0.3 is 11.1 Å². The van der Waals surface area contributed by atoms with Crippen LogP contribution in [0.5, 0.6) is 0 Å². The van der Waals surface area contributed by atoms with Crippen molar-refractivity contribution in [3.05, 3.63) is 95.1 Å². The molecule has 3 aromatic carbocycles. The highest BCUT2D eigenvalue weighted by atomic mass is 16.1. The molecule has 6 heteroatoms. The Balaban J connectivity index is 1.67. The van der Waals surface area contributed by atoms with Crippen molar-refractivity contribution in [3.63, 3.8) is 0 Å². The van der Waals surface area contributed by atoms with Crippen molar-refractivity contribution in [2.75, 3.05) is 5.73 Å². The molecule has 0 bridgehead atoms. The number of nitrogen functional groups attached to an aromatic ring is 1. The molecule has 0 saturated carbocycles. The number of hydrogen-bond donors (Lipinski definition) is 2. The normalized spacial score (nSPS) is 11.2. The number of para-hydroxylation sites is 3. The van der Waals surface area contributed by atoms with E-state index in [1.807, 2.05) is 78.2 Å². The molecule has 0 aliphatic rings. The van der Waals surface area contributed by atoms with E-state index < -0.39 is 0 Å². The fourth-order valence-corrected chi connectivity index (χ4v) is 4.13. The van der Waals surface area contributed by atoms with Crippen LogP contribution in [0.4, 0.5) is 5.82 Å². The lowest BCUT2D eigenvalue weighted by Gasteiger charge is -2.12. The van der Waals surface area contributed by atoms with Gasteiger partial charge in [0.1, 0.15) is 16.9 Å². The summed E-state index contributed by atoms with van der Waals surface area (Å²) in [5.41, 5.74) is 13.8. The van der Waals surface area contributed by atoms with Crippen molar-refractivity contribution in [1.82, 2.24) is 19.9 Å². The van der Waals surface area contributed by atoms with Crippen LogP contribution in [0.3, 0.4) is 0 Å². The molecule has 0 radical (unpaired) electrons. The standard InChI is InChI=1S/C27H25N5O/c1-3-19-8-4-7-11-22(19)32-25(28)23(27(33)29-16-18-14-12-17(2)13-15-18)24-26(32)31-21-10-6-5-9-20(21)30-24/h4-15H,3,16,28H2,1-2H3,(H,29,33). The SMILES string of the molecule is CCc1ccccc1-n1c(N)c(C(=O)NCc2ccc(C)cc2)c2nc3ccccc3nc21. The minimum atomic E-state index is -0.268. The number of nitrogens with two attached hydrogens (primary N) is 1. The zero-order valence-electron chi connectivity index (χ0n) is 18.7. The third-order valence-corrected chi connectivity index (χ3v) is 5.91. The van der Waals surface area contributed by atoms with Gasteiger partial charge in [0.15, 0.2) is 5.65 Å². The van der Waals surface area contributed by atoms with Crippen LogP contribution in [0.1, 0.15) is 34.0 Å². The van der Waals surface area contributed by atoms with E-state index in [-0.39, 0.29) is 5.91 Å². The predicted molar refractivity (Wildman–Crippen MR) is 133 cm³/mol. The van der Waals surface area contributed by atoms with Crippen LogP contribution in [0.2, 0.25) is 0 Å². The Kier molecular flexibility index (Phi) is 5.26. The number of aromatic nitrogens is 3. The molecule has 2 aromatic heterocycles. The van der Waals surface area contributed by atoms with Crippen LogP contribution in [0.25, 0.3) is 27.9 Å². The summed E-state index contributed by atoms with van der Waals surface area (Å²) in [5.74, 6) is 0.0676. The average molecular weight is 436 g/mol. The van der Waals surface area contributed by atoms with Gasteiger partial charge in [0.2, 0.25) is 0 Å². The number of amides is 1. The van der Waals surface area contributed by atoms with Crippen LogP contribution in [-0.2, 0) is 13.0 Å². The minimum Gasteiger partial charge on any atom is -0.384 e. The number of benzene rings is 3. The van der Waals surface area contributed by atoms with Gasteiger partial charge in [-0.2, -0.15) is 0 Å². The number of hydrogen-bond acceptors (Lipinski definition) is 4. The Labute approximate surface area is 192 Å². The highest BCUT2D eigenvalue weighted by Gasteiger charge is 2.25. The van der Waals surface area contributed by atoms with Crippen LogP contribution in [0, 0.1) is 6.92 Å². The van der Waals surface area contributed by atoms with Gasteiger partial charge in [-0.05, 0) is 42.7 Å². The zero-order chi connectivity index (χ0) is 22.9. The molecule has 6 nitrogen and oxygen atoms in total. The summed E-state index contributed by atoms with van der Waals surface area (Å²) in [6.45, 7) is 4.53. The van der Waals surface area contributed by atoms with Gasteiger partial charge >= 0.3 is 0 Å². The number of carbonyl (C=O) groups is 1. The summed E-state index contributed by atoms with van der Waals surface area (Å²) in [6, 6.07) is 23.7. The first-order chi connectivity index (χ1) is 16.1. The smallest absolute Gasteiger partial charge is 0.257 e. The molecule has 0 unspecified atom stereocenters. The van der Waals surface area contributed by atoms with Crippen molar-refractivity contribution in [2.24, 2.45) is 0 Å². The van der Waals surface area contributed by atoms with Crippen molar-refractivity contribution < 1.29 is 4.79 Å². The first-order valence-electron chi connectivity index (χ1n) is 11.1. The lowest BCUT2D eigenvalue weighted by Crippen LogP contribution is -2.24. The third kappa shape index (κ3) is 3.69. The van der Waals surface area contributed by atoms with E-state index in [0.29, 0.717) is 29.1 Å². The molecule has 0 fully saturated rings. The van der Waals surface area contributed by atoms with E-state index in [2.05, 4.69) is 18.3 Å². The monoisotopic (exact) mass is 435 g/mol. The van der Waals surface area contributed by atoms with E-state index in [9.17, 15) is 4.79 Å². The molecule has 164 valence electrons. The largest absolute Gasteiger partial charge is 0.384 e. The number of nitrogens with zero attached hydrogens (tertiary/aromatic N) is 3. The van der Waals surface area contributed by atoms with Crippen LogP contribution >= 0.6 is 0 Å². The van der Waals surface area contributed by atoms with Gasteiger partial charge in [-0.1, -0.05) is 67.1 Å². The second kappa shape index (κ2) is 8.39. The summed E-state index contributed by atoms with van der Waals surface area (Å²) in [6.07, 6.45) is 0.825. The highest BCUT2D eigenvalue weighted by Crippen LogP contribution is 2.32. The Morgan fingerprint density at radius 2 is 1.61 bits per heavy atom. The first-order valence-corrected chi connectivity index (χ1v) is 11.1. The van der Waals surface area contributed by atoms with Crippen LogP contribution < -0.4 is 11.1 Å². The molecule has 0 saturated heterocycles. The highest BCUT2D eigenvalue weighted by molar-refractivity contribution is 6.11. The summed E-state index contributed by atoms with van der Waals surface area (Å²) in [5, 5.41) is 3.01. The van der Waals surface area contributed by atoms with Crippen molar-refractivity contribution in [1.29, 1.82) is 0 Å². The van der Waals surface area contributed by atoms with E-state index in [0.717, 1.165) is 34.3 Å². The number of carbonyl (C=O) groups excluding carboxylic acids is 1. The van der Waals surface area contributed by atoms with E-state index in [1.54, 1.807) is 0 Å². The lowest BCUT2D eigenvalue weighted by molar-refractivity contribution is 0.0953. The second-order valence-electron chi connectivity index (χ2n) is 8.13. The zero-order valence-corrected chi connectivity index (χ0v) is 18.7. The Morgan fingerprint density at radius 1 is 0.939 bits per heavy atom. The van der Waals surface area contributed by atoms with Gasteiger partial charge in [-0.25, -0.2) is 9.97 Å². The van der Waals surface area contributed by atoms with E-state index in [4.69, 9.17) is 15.7 Å². The first kappa shape index (κ1) is 20.7. The molecule has 0 spiro atoms. The maximum atomic E-state index is 13.4. The molecule has 5 rings (SSSR count). The Bertz CT molecular complexity index is 1480. The third-order valence-electron chi connectivity index (χ3n) is 5.91. The van der Waals surface area contributed by atoms with Crippen molar-refractivity contribution in [2.45, 2.75) is 26.8 Å². The summed E-state index contributed by atoms with van der Waals surface area (Å²) >= 11 is 0. The topological polar surface area (TPSA) is 85.8 Å². The predicted octanol–water partition coefficient (Wildman–Crippen LogP) is 4.96. The average Bonchev–Trinajstić information content (AvgIpc) is 3.12. The van der Waals surface area contributed by atoms with Gasteiger partial charge in [-0.15, -0.1) is 0 Å². The summed E-state index contributed by atoms with van der Waals surface area (Å²) < 4.78 is 1.86. The number of rotatable bonds is 5. The van der Waals surface area contributed by atoms with Crippen LogP contribution in [0.15, 0.2) is 72.8 Å². The fraction of sp³-hybridized carbons (Fsp3) is 0.148. The molecular formula is C27H25N5O. The van der Waals surface area contributed by atoms with Gasteiger partial charge in [0.25, 0.3) is 5.91 Å². The molecule has 0 aliphatic carbocycles. The Hall–Kier alpha value is -4.19. The van der Waals surface area contributed by atoms with Crippen LogP contribution in [-0.4, -0.2) is 20.4 Å². The fourth-order valence-electron chi connectivity index (χ4n) is 4.13. The second-order valence-corrected chi connectivity index (χ2v) is 8.13. The number of aryl methyl sites for hydroxylation is 2. The maximum absolute atomic E-state index is 13.4. The van der Waals surface area contributed by atoms with Gasteiger partial charge in [0.05, 0.1) is 16.7 Å². The van der Waals surface area contributed by atoms with Crippen molar-refractivity contribution in [3.8, 4) is 5.69 Å². The molecule has 1 amide bonds. The van der Waals surface area contributed by atoms with E-state index in [1.165, 1.54) is 5.56 Å². The number of anilines is 1. The Morgan fingerprint density at radius 3 is 2.33 bits per heavy atom. The molecule has 0 atom stereocenters. The van der Waals surface area contributed by atoms with Crippen molar-refractivity contribution >= 4 is 33.9 Å². The summed E-state index contributed by atoms with van der Waals surface area (Å²) in [7, 11) is 0. The van der Waals surface area contributed by atoms with Gasteiger partial charge in [0, 0.05) is 6.54 Å². The molecular weight excluding hydrogens is 410 g/mol.